The van der Waals surface area contributed by atoms with Crippen LogP contribution in [0.25, 0.3) is 6.08 Å². The van der Waals surface area contributed by atoms with Crippen LogP contribution in [-0.2, 0) is 9.53 Å². The van der Waals surface area contributed by atoms with Gasteiger partial charge in [0.25, 0.3) is 0 Å². The van der Waals surface area contributed by atoms with Gasteiger partial charge in [-0.25, -0.2) is 4.79 Å². The molecule has 0 radical (unpaired) electrons. The van der Waals surface area contributed by atoms with Crippen LogP contribution in [0.4, 0.5) is 0 Å². The molecule has 0 fully saturated rings. The molecule has 0 spiro atoms. The molecule has 0 aliphatic rings. The van der Waals surface area contributed by atoms with E-state index in [4.69, 9.17) is 4.74 Å². The van der Waals surface area contributed by atoms with Crippen LogP contribution in [0.3, 0.4) is 0 Å². The summed E-state index contributed by atoms with van der Waals surface area (Å²) in [5, 5.41) is 3.85. The fourth-order valence-electron chi connectivity index (χ4n) is 2.34. The van der Waals surface area contributed by atoms with Crippen molar-refractivity contribution < 1.29 is 14.3 Å². The van der Waals surface area contributed by atoms with Gasteiger partial charge in [0.05, 0.1) is 0 Å². The molecular weight excluding hydrogens is 332 g/mol. The quantitative estimate of drug-likeness (QED) is 0.360. The molecule has 0 N–H and O–H groups in total. The summed E-state index contributed by atoms with van der Waals surface area (Å²) in [7, 11) is 0. The highest BCUT2D eigenvalue weighted by molar-refractivity contribution is 7.08. The van der Waals surface area contributed by atoms with E-state index in [-0.39, 0.29) is 5.78 Å². The minimum absolute atomic E-state index is 0.246. The van der Waals surface area contributed by atoms with Crippen LogP contribution < -0.4 is 0 Å². The molecule has 124 valence electrons. The molecular formula is C21H16O3S. The molecule has 0 aliphatic heterocycles. The lowest BCUT2D eigenvalue weighted by Gasteiger charge is -2.16. The van der Waals surface area contributed by atoms with Gasteiger partial charge in [-0.3, -0.25) is 4.79 Å². The first-order valence-electron chi connectivity index (χ1n) is 7.79. The molecule has 0 amide bonds. The first kappa shape index (κ1) is 16.9. The Hall–Kier alpha value is -2.98. The van der Waals surface area contributed by atoms with Crippen LogP contribution in [0, 0.1) is 0 Å². The summed E-state index contributed by atoms with van der Waals surface area (Å²) in [4.78, 5) is 25.0. The molecule has 0 unspecified atom stereocenters. The van der Waals surface area contributed by atoms with Crippen LogP contribution in [0.5, 0.6) is 0 Å². The predicted molar refractivity (Wildman–Crippen MR) is 99.4 cm³/mol. The number of rotatable bonds is 6. The van der Waals surface area contributed by atoms with E-state index in [0.717, 1.165) is 5.56 Å². The molecule has 4 heteroatoms. The number of Topliss-reactive ketones (excluding diaryl/α,β-unsaturated/α-hetero) is 1. The van der Waals surface area contributed by atoms with E-state index in [1.807, 2.05) is 41.1 Å². The van der Waals surface area contributed by atoms with E-state index in [2.05, 4.69) is 0 Å². The minimum Gasteiger partial charge on any atom is -0.446 e. The molecule has 1 heterocycles. The van der Waals surface area contributed by atoms with Crippen molar-refractivity contribution in [2.24, 2.45) is 0 Å². The Labute approximate surface area is 150 Å². The third-order valence-corrected chi connectivity index (χ3v) is 4.29. The third kappa shape index (κ3) is 4.52. The van der Waals surface area contributed by atoms with Crippen LogP contribution in [0.1, 0.15) is 27.6 Å². The number of hydrogen-bond donors (Lipinski definition) is 0. The van der Waals surface area contributed by atoms with Gasteiger partial charge in [0.15, 0.2) is 6.10 Å². The maximum atomic E-state index is 12.8. The number of hydrogen-bond acceptors (Lipinski definition) is 4. The molecule has 3 nitrogen and oxygen atoms in total. The molecule has 0 aliphatic carbocycles. The number of carbonyl (C=O) groups is 2. The Balaban J connectivity index is 1.82. The lowest BCUT2D eigenvalue weighted by molar-refractivity contribution is -0.141. The van der Waals surface area contributed by atoms with Crippen molar-refractivity contribution in [2.45, 2.75) is 6.10 Å². The van der Waals surface area contributed by atoms with E-state index < -0.39 is 12.1 Å². The zero-order valence-electron chi connectivity index (χ0n) is 13.4. The van der Waals surface area contributed by atoms with Gasteiger partial charge in [-0.15, -0.1) is 0 Å². The Morgan fingerprint density at radius 1 is 0.920 bits per heavy atom. The summed E-state index contributed by atoms with van der Waals surface area (Å²) in [6, 6.07) is 19.8. The number of benzene rings is 2. The molecule has 1 atom stereocenters. The largest absolute Gasteiger partial charge is 0.446 e. The fourth-order valence-corrected chi connectivity index (χ4v) is 2.97. The summed E-state index contributed by atoms with van der Waals surface area (Å²) >= 11 is 1.55. The van der Waals surface area contributed by atoms with Crippen molar-refractivity contribution in [1.29, 1.82) is 0 Å². The summed E-state index contributed by atoms with van der Waals surface area (Å²) in [5.41, 5.74) is 2.08. The maximum Gasteiger partial charge on any atom is 0.331 e. The van der Waals surface area contributed by atoms with Gasteiger partial charge in [0.2, 0.25) is 5.78 Å². The second kappa shape index (κ2) is 8.22. The van der Waals surface area contributed by atoms with E-state index in [1.54, 1.807) is 53.8 Å². The Morgan fingerprint density at radius 2 is 1.60 bits per heavy atom. The number of esters is 1. The SMILES string of the molecule is O=C(/C=C/c1ccsc1)O[C@@H](C(=O)c1ccccc1)c1ccccc1. The normalized spacial score (nSPS) is 12.0. The van der Waals surface area contributed by atoms with Gasteiger partial charge in [0, 0.05) is 17.2 Å². The van der Waals surface area contributed by atoms with Gasteiger partial charge in [-0.2, -0.15) is 11.3 Å². The summed E-state index contributed by atoms with van der Waals surface area (Å²) < 4.78 is 5.48. The standard InChI is InChI=1S/C21H16O3S/c22-19(12-11-16-13-14-25-15-16)24-21(18-9-5-2-6-10-18)20(23)17-7-3-1-4-8-17/h1-15,21H/b12-11+/t21-/m1/s1. The van der Waals surface area contributed by atoms with Gasteiger partial charge in [-0.05, 0) is 28.5 Å². The number of carbonyl (C=O) groups excluding carboxylic acids is 2. The van der Waals surface area contributed by atoms with Crippen molar-refractivity contribution in [3.05, 3.63) is 100 Å². The number of ether oxygens (including phenoxy) is 1. The zero-order chi connectivity index (χ0) is 17.5. The zero-order valence-corrected chi connectivity index (χ0v) is 14.2. The molecule has 2 aromatic carbocycles. The van der Waals surface area contributed by atoms with Crippen LogP contribution >= 0.6 is 11.3 Å². The minimum atomic E-state index is -0.969. The maximum absolute atomic E-state index is 12.8. The predicted octanol–water partition coefficient (Wildman–Crippen LogP) is 4.93. The lowest BCUT2D eigenvalue weighted by atomic mass is 10.00. The number of ketones is 1. The van der Waals surface area contributed by atoms with Gasteiger partial charge in [0.1, 0.15) is 0 Å². The fraction of sp³-hybridized carbons (Fsp3) is 0.0476. The van der Waals surface area contributed by atoms with Gasteiger partial charge < -0.3 is 4.74 Å². The first-order valence-corrected chi connectivity index (χ1v) is 8.73. The van der Waals surface area contributed by atoms with Crippen molar-refractivity contribution in [3.8, 4) is 0 Å². The smallest absolute Gasteiger partial charge is 0.331 e. The van der Waals surface area contributed by atoms with Crippen molar-refractivity contribution >= 4 is 29.2 Å². The van der Waals surface area contributed by atoms with Crippen LogP contribution in [-0.4, -0.2) is 11.8 Å². The van der Waals surface area contributed by atoms with E-state index in [1.165, 1.54) is 6.08 Å². The first-order chi connectivity index (χ1) is 12.2. The van der Waals surface area contributed by atoms with E-state index >= 15 is 0 Å². The summed E-state index contributed by atoms with van der Waals surface area (Å²) in [6.45, 7) is 0. The molecule has 3 rings (SSSR count). The molecule has 0 saturated carbocycles. The van der Waals surface area contributed by atoms with Crippen molar-refractivity contribution in [3.63, 3.8) is 0 Å². The molecule has 0 bridgehead atoms. The second-order valence-electron chi connectivity index (χ2n) is 5.35. The highest BCUT2D eigenvalue weighted by atomic mass is 32.1. The van der Waals surface area contributed by atoms with Crippen LogP contribution in [0.15, 0.2) is 83.6 Å². The second-order valence-corrected chi connectivity index (χ2v) is 6.13. The molecule has 1 aromatic heterocycles. The van der Waals surface area contributed by atoms with Crippen LogP contribution in [0.2, 0.25) is 0 Å². The van der Waals surface area contributed by atoms with E-state index in [0.29, 0.717) is 11.1 Å². The lowest BCUT2D eigenvalue weighted by Crippen LogP contribution is -2.19. The van der Waals surface area contributed by atoms with Crippen molar-refractivity contribution in [2.75, 3.05) is 0 Å². The molecule has 25 heavy (non-hydrogen) atoms. The van der Waals surface area contributed by atoms with Gasteiger partial charge in [-0.1, -0.05) is 60.7 Å². The molecule has 0 saturated heterocycles. The summed E-state index contributed by atoms with van der Waals surface area (Å²) in [5.74, 6) is -0.798. The van der Waals surface area contributed by atoms with Crippen molar-refractivity contribution in [1.82, 2.24) is 0 Å². The number of thiophene rings is 1. The Bertz CT molecular complexity index is 853. The average Bonchev–Trinajstić information content (AvgIpc) is 3.19. The Kier molecular flexibility index (Phi) is 5.54. The third-order valence-electron chi connectivity index (χ3n) is 3.59. The highest BCUT2D eigenvalue weighted by Gasteiger charge is 2.25. The summed E-state index contributed by atoms with van der Waals surface area (Å²) in [6.07, 6.45) is 2.05. The van der Waals surface area contributed by atoms with E-state index in [9.17, 15) is 9.59 Å². The highest BCUT2D eigenvalue weighted by Crippen LogP contribution is 2.23. The monoisotopic (exact) mass is 348 g/mol. The Morgan fingerprint density at radius 3 is 2.24 bits per heavy atom. The topological polar surface area (TPSA) is 43.4 Å². The average molecular weight is 348 g/mol. The van der Waals surface area contributed by atoms with Gasteiger partial charge >= 0.3 is 5.97 Å². The molecule has 3 aromatic rings.